The summed E-state index contributed by atoms with van der Waals surface area (Å²) in [7, 11) is 2.13. The number of nitrogens with zero attached hydrogens (tertiary/aromatic N) is 4. The zero-order chi connectivity index (χ0) is 17.3. The average Bonchev–Trinajstić information content (AvgIpc) is 3.18. The molecule has 0 saturated carbocycles. The molecule has 3 rings (SSSR count). The van der Waals surface area contributed by atoms with Gasteiger partial charge in [0.15, 0.2) is 0 Å². The first-order valence-electron chi connectivity index (χ1n) is 8.53. The number of rotatable bonds is 5. The molecule has 0 bridgehead atoms. The van der Waals surface area contributed by atoms with Crippen molar-refractivity contribution in [3.63, 3.8) is 0 Å². The second kappa shape index (κ2) is 7.07. The van der Waals surface area contributed by atoms with E-state index in [1.165, 1.54) is 5.69 Å². The molecule has 0 spiro atoms. The first-order chi connectivity index (χ1) is 11.5. The van der Waals surface area contributed by atoms with Gasteiger partial charge in [0, 0.05) is 36.8 Å². The molecule has 0 aliphatic carbocycles. The molecule has 0 aromatic carbocycles. The maximum Gasteiger partial charge on any atom is 0.228 e. The summed E-state index contributed by atoms with van der Waals surface area (Å²) in [5.41, 5.74) is 1.23. The monoisotopic (exact) mass is 346 g/mol. The Hall–Kier alpha value is -1.66. The van der Waals surface area contributed by atoms with Crippen molar-refractivity contribution in [2.75, 3.05) is 13.6 Å². The van der Waals surface area contributed by atoms with E-state index in [4.69, 9.17) is 0 Å². The third-order valence-corrected chi connectivity index (χ3v) is 5.77. The second-order valence-corrected chi connectivity index (χ2v) is 7.82. The van der Waals surface area contributed by atoms with Crippen LogP contribution < -0.4 is 0 Å². The molecular weight excluding hydrogens is 320 g/mol. The van der Waals surface area contributed by atoms with Crippen LogP contribution in [0.15, 0.2) is 23.7 Å². The van der Waals surface area contributed by atoms with Crippen molar-refractivity contribution in [1.29, 1.82) is 0 Å². The van der Waals surface area contributed by atoms with Gasteiger partial charge in [-0.3, -0.25) is 9.69 Å². The third kappa shape index (κ3) is 3.39. The highest BCUT2D eigenvalue weighted by Crippen LogP contribution is 2.27. The lowest BCUT2D eigenvalue weighted by molar-refractivity contribution is -0.133. The molecule has 0 fully saturated rings. The van der Waals surface area contributed by atoms with Crippen LogP contribution in [-0.2, 0) is 24.3 Å². The SMILES string of the molecule is CC(C)N(C)Cc1cnc2n1CCN(C(=O)Cc1cccs1)[C@@H]2C. The molecule has 1 atom stereocenters. The summed E-state index contributed by atoms with van der Waals surface area (Å²) in [4.78, 5) is 22.7. The lowest BCUT2D eigenvalue weighted by Crippen LogP contribution is -2.42. The van der Waals surface area contributed by atoms with Crippen LogP contribution in [0, 0.1) is 0 Å². The number of aromatic nitrogens is 2. The normalized spacial score (nSPS) is 17.6. The Labute approximate surface area is 147 Å². The number of amides is 1. The molecule has 24 heavy (non-hydrogen) atoms. The van der Waals surface area contributed by atoms with Gasteiger partial charge in [0.05, 0.1) is 18.2 Å². The van der Waals surface area contributed by atoms with Crippen molar-refractivity contribution < 1.29 is 4.79 Å². The summed E-state index contributed by atoms with van der Waals surface area (Å²) < 4.78 is 2.29. The van der Waals surface area contributed by atoms with Crippen LogP contribution in [0.1, 0.15) is 43.2 Å². The smallest absolute Gasteiger partial charge is 0.228 e. The van der Waals surface area contributed by atoms with Crippen LogP contribution in [0.4, 0.5) is 0 Å². The molecule has 0 radical (unpaired) electrons. The number of thiophene rings is 1. The van der Waals surface area contributed by atoms with Crippen LogP contribution >= 0.6 is 11.3 Å². The van der Waals surface area contributed by atoms with Gasteiger partial charge in [-0.05, 0) is 39.3 Å². The standard InChI is InChI=1S/C18H26N4OS/c1-13(2)20(4)12-15-11-19-18-14(3)21(7-8-22(15)18)17(23)10-16-6-5-9-24-16/h5-6,9,11,13-14H,7-8,10,12H2,1-4H3/t14-/m1/s1. The van der Waals surface area contributed by atoms with Gasteiger partial charge in [0.25, 0.3) is 0 Å². The number of hydrogen-bond acceptors (Lipinski definition) is 4. The fourth-order valence-electron chi connectivity index (χ4n) is 3.13. The largest absolute Gasteiger partial charge is 0.331 e. The van der Waals surface area contributed by atoms with E-state index in [2.05, 4.69) is 42.3 Å². The molecule has 5 nitrogen and oxygen atoms in total. The number of carbonyl (C=O) groups is 1. The fourth-order valence-corrected chi connectivity index (χ4v) is 3.82. The fraction of sp³-hybridized carbons (Fsp3) is 0.556. The van der Waals surface area contributed by atoms with Gasteiger partial charge in [0.1, 0.15) is 5.82 Å². The van der Waals surface area contributed by atoms with E-state index >= 15 is 0 Å². The van der Waals surface area contributed by atoms with Crippen molar-refractivity contribution >= 4 is 17.2 Å². The van der Waals surface area contributed by atoms with Gasteiger partial charge in [-0.25, -0.2) is 4.98 Å². The predicted molar refractivity (Wildman–Crippen MR) is 97.0 cm³/mol. The van der Waals surface area contributed by atoms with E-state index in [1.807, 2.05) is 28.6 Å². The first-order valence-corrected chi connectivity index (χ1v) is 9.41. The molecule has 3 heterocycles. The molecule has 1 aliphatic rings. The minimum Gasteiger partial charge on any atom is -0.331 e. The van der Waals surface area contributed by atoms with Crippen LogP contribution in [0.5, 0.6) is 0 Å². The molecular formula is C18H26N4OS. The maximum absolute atomic E-state index is 12.6. The summed E-state index contributed by atoms with van der Waals surface area (Å²) >= 11 is 1.64. The highest BCUT2D eigenvalue weighted by Gasteiger charge is 2.30. The van der Waals surface area contributed by atoms with E-state index in [0.717, 1.165) is 30.3 Å². The summed E-state index contributed by atoms with van der Waals surface area (Å²) in [6.45, 7) is 8.95. The van der Waals surface area contributed by atoms with Crippen molar-refractivity contribution in [2.24, 2.45) is 0 Å². The number of fused-ring (bicyclic) bond motifs is 1. The van der Waals surface area contributed by atoms with Gasteiger partial charge in [-0.2, -0.15) is 0 Å². The Kier molecular flexibility index (Phi) is 5.06. The highest BCUT2D eigenvalue weighted by molar-refractivity contribution is 7.10. The summed E-state index contributed by atoms with van der Waals surface area (Å²) in [6.07, 6.45) is 2.46. The van der Waals surface area contributed by atoms with E-state index in [-0.39, 0.29) is 11.9 Å². The van der Waals surface area contributed by atoms with E-state index in [0.29, 0.717) is 12.5 Å². The van der Waals surface area contributed by atoms with Gasteiger partial charge < -0.3 is 9.47 Å². The molecule has 2 aromatic rings. The number of hydrogen-bond donors (Lipinski definition) is 0. The molecule has 2 aromatic heterocycles. The van der Waals surface area contributed by atoms with Crippen LogP contribution in [-0.4, -0.2) is 44.9 Å². The van der Waals surface area contributed by atoms with Crippen LogP contribution in [0.25, 0.3) is 0 Å². The Bertz CT molecular complexity index is 692. The van der Waals surface area contributed by atoms with Gasteiger partial charge in [0.2, 0.25) is 5.91 Å². The molecule has 0 N–H and O–H groups in total. The van der Waals surface area contributed by atoms with Gasteiger partial charge in [-0.15, -0.1) is 11.3 Å². The minimum absolute atomic E-state index is 0.0318. The first kappa shape index (κ1) is 17.2. The Morgan fingerprint density at radius 3 is 2.92 bits per heavy atom. The van der Waals surface area contributed by atoms with Crippen molar-refractivity contribution in [3.8, 4) is 0 Å². The average molecular weight is 346 g/mol. The topological polar surface area (TPSA) is 41.4 Å². The lowest BCUT2D eigenvalue weighted by atomic mass is 10.1. The number of carbonyl (C=O) groups excluding carboxylic acids is 1. The zero-order valence-corrected chi connectivity index (χ0v) is 15.7. The molecule has 6 heteroatoms. The molecule has 0 unspecified atom stereocenters. The lowest BCUT2D eigenvalue weighted by Gasteiger charge is -2.35. The van der Waals surface area contributed by atoms with Crippen molar-refractivity contribution in [3.05, 3.63) is 40.1 Å². The quantitative estimate of drug-likeness (QED) is 0.836. The van der Waals surface area contributed by atoms with Crippen molar-refractivity contribution in [2.45, 2.75) is 52.4 Å². The number of imidazole rings is 1. The van der Waals surface area contributed by atoms with E-state index in [1.54, 1.807) is 11.3 Å². The van der Waals surface area contributed by atoms with Gasteiger partial charge in [-0.1, -0.05) is 6.07 Å². The molecule has 0 saturated heterocycles. The van der Waals surface area contributed by atoms with Crippen LogP contribution in [0.2, 0.25) is 0 Å². The molecule has 1 aliphatic heterocycles. The summed E-state index contributed by atoms with van der Waals surface area (Å²) in [6, 6.07) is 4.56. The Morgan fingerprint density at radius 1 is 1.46 bits per heavy atom. The second-order valence-electron chi connectivity index (χ2n) is 6.79. The zero-order valence-electron chi connectivity index (χ0n) is 14.9. The van der Waals surface area contributed by atoms with Crippen molar-refractivity contribution in [1.82, 2.24) is 19.4 Å². The molecule has 1 amide bonds. The third-order valence-electron chi connectivity index (χ3n) is 4.89. The van der Waals surface area contributed by atoms with E-state index in [9.17, 15) is 4.79 Å². The van der Waals surface area contributed by atoms with Gasteiger partial charge >= 0.3 is 0 Å². The van der Waals surface area contributed by atoms with Crippen LogP contribution in [0.3, 0.4) is 0 Å². The molecule has 130 valence electrons. The van der Waals surface area contributed by atoms with E-state index < -0.39 is 0 Å². The summed E-state index contributed by atoms with van der Waals surface area (Å²) in [5.74, 6) is 1.20. The Morgan fingerprint density at radius 2 is 2.25 bits per heavy atom. The highest BCUT2D eigenvalue weighted by atomic mass is 32.1. The minimum atomic E-state index is 0.0318. The maximum atomic E-state index is 12.6. The summed E-state index contributed by atoms with van der Waals surface area (Å²) in [5, 5.41) is 2.02. The predicted octanol–water partition coefficient (Wildman–Crippen LogP) is 2.93. The Balaban J connectivity index is 1.73.